The number of piperidine rings is 3. The van der Waals surface area contributed by atoms with E-state index in [4.69, 9.17) is 20.4 Å². The summed E-state index contributed by atoms with van der Waals surface area (Å²) < 4.78 is 38.7. The van der Waals surface area contributed by atoms with Crippen LogP contribution in [-0.2, 0) is 20.9 Å². The zero-order valence-corrected chi connectivity index (χ0v) is 21.7. The number of para-hydroxylation sites is 1. The molecule has 2 aromatic carbocycles. The van der Waals surface area contributed by atoms with E-state index in [1.54, 1.807) is 0 Å². The quantitative estimate of drug-likeness (QED) is 0.338. The number of rotatable bonds is 7. The number of anilines is 2. The minimum atomic E-state index is -5.19. The SMILES string of the molecule is Nc1cccc(C[N+]23CCC(CC2)[C@@H](OC(=O)[C@H](Nc2ccccc2)c2ccccc2)C3)n1.O=C([O-])C(F)(F)F. The lowest BCUT2D eigenvalue weighted by Crippen LogP contribution is -2.64. The number of benzene rings is 2. The minimum absolute atomic E-state index is 0.0788. The molecule has 11 heteroatoms. The number of aromatic nitrogens is 1. The summed E-state index contributed by atoms with van der Waals surface area (Å²) in [5, 5.41) is 12.2. The molecule has 3 aliphatic heterocycles. The molecule has 8 nitrogen and oxygen atoms in total. The van der Waals surface area contributed by atoms with Gasteiger partial charge in [-0.2, -0.15) is 13.2 Å². The van der Waals surface area contributed by atoms with E-state index in [0.717, 1.165) is 60.4 Å². The number of halogens is 3. The van der Waals surface area contributed by atoms with E-state index in [2.05, 4.69) is 10.3 Å². The Balaban J connectivity index is 0.000000470. The average Bonchev–Trinajstić information content (AvgIpc) is 2.93. The summed E-state index contributed by atoms with van der Waals surface area (Å²) >= 11 is 0. The number of fused-ring (bicyclic) bond motifs is 3. The number of nitrogen functional groups attached to an aromatic ring is 1. The molecular formula is C29H31F3N4O4. The Labute approximate surface area is 230 Å². The number of esters is 1. The van der Waals surface area contributed by atoms with E-state index in [-0.39, 0.29) is 12.1 Å². The molecule has 0 saturated carbocycles. The summed E-state index contributed by atoms with van der Waals surface area (Å²) in [4.78, 5) is 26.8. The van der Waals surface area contributed by atoms with Crippen LogP contribution in [0.5, 0.6) is 0 Å². The molecule has 4 heterocycles. The maximum atomic E-state index is 13.5. The lowest BCUT2D eigenvalue weighted by Gasteiger charge is -2.52. The Morgan fingerprint density at radius 2 is 1.60 bits per heavy atom. The van der Waals surface area contributed by atoms with Crippen molar-refractivity contribution in [3.8, 4) is 0 Å². The molecule has 0 radical (unpaired) electrons. The van der Waals surface area contributed by atoms with Gasteiger partial charge in [0, 0.05) is 24.4 Å². The van der Waals surface area contributed by atoms with Crippen molar-refractivity contribution in [2.75, 3.05) is 30.7 Å². The Morgan fingerprint density at radius 1 is 1.00 bits per heavy atom. The summed E-state index contributed by atoms with van der Waals surface area (Å²) in [6.07, 6.45) is -3.13. The van der Waals surface area contributed by atoms with E-state index < -0.39 is 18.2 Å². The zero-order chi connectivity index (χ0) is 28.8. The van der Waals surface area contributed by atoms with Crippen LogP contribution in [-0.4, -0.2) is 53.3 Å². The molecule has 3 N–H and O–H groups in total. The average molecular weight is 557 g/mol. The number of aliphatic carboxylic acids is 1. The Bertz CT molecular complexity index is 1280. The van der Waals surface area contributed by atoms with Gasteiger partial charge < -0.3 is 30.2 Å². The van der Waals surface area contributed by atoms with E-state index >= 15 is 0 Å². The number of carbonyl (C=O) groups excluding carboxylic acids is 2. The predicted molar refractivity (Wildman–Crippen MR) is 140 cm³/mol. The van der Waals surface area contributed by atoms with Crippen LogP contribution in [0.3, 0.4) is 0 Å². The molecule has 0 unspecified atom stereocenters. The molecule has 3 aromatic rings. The number of pyridine rings is 1. The molecular weight excluding hydrogens is 525 g/mol. The van der Waals surface area contributed by atoms with Crippen LogP contribution >= 0.6 is 0 Å². The van der Waals surface area contributed by atoms with Gasteiger partial charge in [-0.1, -0.05) is 54.6 Å². The first-order valence-electron chi connectivity index (χ1n) is 13.0. The molecule has 212 valence electrons. The highest BCUT2D eigenvalue weighted by Crippen LogP contribution is 2.37. The van der Waals surface area contributed by atoms with Crippen molar-refractivity contribution in [3.63, 3.8) is 0 Å². The third-order valence-corrected chi connectivity index (χ3v) is 7.32. The van der Waals surface area contributed by atoms with Gasteiger partial charge in [0.05, 0.1) is 18.8 Å². The van der Waals surface area contributed by atoms with Crippen LogP contribution in [0.25, 0.3) is 0 Å². The van der Waals surface area contributed by atoms with Gasteiger partial charge in [-0.15, -0.1) is 0 Å². The third kappa shape index (κ3) is 7.50. The van der Waals surface area contributed by atoms with Crippen LogP contribution in [0.15, 0.2) is 78.9 Å². The number of nitrogens with two attached hydrogens (primary N) is 1. The first kappa shape index (κ1) is 28.9. The number of carboxylic acids is 1. The van der Waals surface area contributed by atoms with E-state index in [1.807, 2.05) is 78.9 Å². The fourth-order valence-electron chi connectivity index (χ4n) is 5.35. The number of hydrogen-bond donors (Lipinski definition) is 2. The van der Waals surface area contributed by atoms with Crippen molar-refractivity contribution >= 4 is 23.4 Å². The van der Waals surface area contributed by atoms with Crippen LogP contribution < -0.4 is 16.2 Å². The molecule has 0 amide bonds. The van der Waals surface area contributed by atoms with Crippen molar-refractivity contribution < 1.29 is 37.1 Å². The highest BCUT2D eigenvalue weighted by Gasteiger charge is 2.48. The molecule has 2 bridgehead atoms. The highest BCUT2D eigenvalue weighted by atomic mass is 19.4. The molecule has 2 atom stereocenters. The van der Waals surface area contributed by atoms with Crippen molar-refractivity contribution in [1.82, 2.24) is 4.98 Å². The van der Waals surface area contributed by atoms with Crippen LogP contribution in [0, 0.1) is 5.92 Å². The number of nitrogens with zero attached hydrogens (tertiary/aromatic N) is 2. The van der Waals surface area contributed by atoms with E-state index in [1.165, 1.54) is 0 Å². The van der Waals surface area contributed by atoms with Gasteiger partial charge in [0.25, 0.3) is 0 Å². The Kier molecular flexibility index (Phi) is 8.93. The first-order valence-corrected chi connectivity index (χ1v) is 13.0. The second-order valence-electron chi connectivity index (χ2n) is 10.1. The first-order chi connectivity index (χ1) is 19.0. The molecule has 3 fully saturated rings. The number of carboxylic acid groups (broad SMARTS) is 1. The van der Waals surface area contributed by atoms with Gasteiger partial charge in [0.1, 0.15) is 24.9 Å². The summed E-state index contributed by atoms with van der Waals surface area (Å²) in [7, 11) is 0. The van der Waals surface area contributed by atoms with E-state index in [0.29, 0.717) is 11.7 Å². The van der Waals surface area contributed by atoms with Crippen LogP contribution in [0.4, 0.5) is 24.7 Å². The largest absolute Gasteiger partial charge is 0.542 e. The predicted octanol–water partition coefficient (Wildman–Crippen LogP) is 3.47. The van der Waals surface area contributed by atoms with Gasteiger partial charge >= 0.3 is 12.1 Å². The topological polar surface area (TPSA) is 117 Å². The maximum Gasteiger partial charge on any atom is 0.430 e. The number of carbonyl (C=O) groups is 2. The smallest absolute Gasteiger partial charge is 0.430 e. The van der Waals surface area contributed by atoms with Crippen molar-refractivity contribution in [2.45, 2.75) is 37.7 Å². The highest BCUT2D eigenvalue weighted by molar-refractivity contribution is 5.81. The number of hydrogen-bond acceptors (Lipinski definition) is 7. The van der Waals surface area contributed by atoms with Crippen molar-refractivity contribution in [1.29, 1.82) is 0 Å². The van der Waals surface area contributed by atoms with Crippen LogP contribution in [0.1, 0.15) is 30.1 Å². The van der Waals surface area contributed by atoms with Gasteiger partial charge in [-0.25, -0.2) is 9.78 Å². The minimum Gasteiger partial charge on any atom is -0.542 e. The second kappa shape index (κ2) is 12.4. The summed E-state index contributed by atoms with van der Waals surface area (Å²) in [6.45, 7) is 3.86. The maximum absolute atomic E-state index is 13.5. The Morgan fingerprint density at radius 3 is 2.17 bits per heavy atom. The molecule has 3 aliphatic rings. The number of quaternary nitrogens is 1. The molecule has 0 aliphatic carbocycles. The molecule has 0 spiro atoms. The molecule has 1 aromatic heterocycles. The van der Waals surface area contributed by atoms with Gasteiger partial charge in [0.2, 0.25) is 0 Å². The number of ether oxygens (including phenoxy) is 1. The standard InChI is InChI=1S/C27H31N4O2.C2HF3O2/c28-25-13-7-12-23(29-25)18-31-16-14-20(15-17-31)24(19-31)33-27(32)26(21-8-3-1-4-9-21)30-22-10-5-2-6-11-22;3-2(4,5)1(6)7/h1-13,20,24,26,30H,14-19H2,(H2,28,29);(H,6,7)/q+1;/p-1/t20?,24-,26+,31?;/m0./s1. The monoisotopic (exact) mass is 556 g/mol. The summed E-state index contributed by atoms with van der Waals surface area (Å²) in [5.41, 5.74) is 8.72. The third-order valence-electron chi connectivity index (χ3n) is 7.32. The zero-order valence-electron chi connectivity index (χ0n) is 21.7. The second-order valence-corrected chi connectivity index (χ2v) is 10.1. The number of nitrogens with one attached hydrogen (secondary N) is 1. The molecule has 6 rings (SSSR count). The summed E-state index contributed by atoms with van der Waals surface area (Å²) in [6, 6.07) is 24.9. The van der Waals surface area contributed by atoms with Gasteiger partial charge in [-0.05, 0) is 29.8 Å². The lowest BCUT2D eigenvalue weighted by molar-refractivity contribution is -0.958. The lowest BCUT2D eigenvalue weighted by atomic mass is 9.83. The summed E-state index contributed by atoms with van der Waals surface area (Å²) in [5.74, 6) is -2.24. The van der Waals surface area contributed by atoms with Crippen molar-refractivity contribution in [2.24, 2.45) is 5.92 Å². The fourth-order valence-corrected chi connectivity index (χ4v) is 5.35. The molecule has 40 heavy (non-hydrogen) atoms. The van der Waals surface area contributed by atoms with E-state index in [9.17, 15) is 18.0 Å². The molecule has 3 saturated heterocycles. The number of alkyl halides is 3. The normalized spacial score (nSPS) is 22.4. The van der Waals surface area contributed by atoms with Gasteiger partial charge in [0.15, 0.2) is 12.1 Å². The van der Waals surface area contributed by atoms with Gasteiger partial charge in [-0.3, -0.25) is 0 Å². The van der Waals surface area contributed by atoms with Crippen molar-refractivity contribution in [3.05, 3.63) is 90.1 Å². The fraction of sp³-hybridized carbons (Fsp3) is 0.345. The van der Waals surface area contributed by atoms with Crippen LogP contribution in [0.2, 0.25) is 0 Å². The Hall–Kier alpha value is -4.12.